The molecule has 0 aromatic heterocycles. The second-order valence-corrected chi connectivity index (χ2v) is 7.64. The van der Waals surface area contributed by atoms with Crippen molar-refractivity contribution in [1.82, 2.24) is 9.80 Å². The molecule has 1 aliphatic rings. The van der Waals surface area contributed by atoms with Crippen molar-refractivity contribution in [2.24, 2.45) is 0 Å². The average molecular weight is 415 g/mol. The number of ether oxygens (including phenoxy) is 1. The highest BCUT2D eigenvalue weighted by molar-refractivity contribution is 5.94. The van der Waals surface area contributed by atoms with Crippen LogP contribution in [0.3, 0.4) is 0 Å². The monoisotopic (exact) mass is 415 g/mol. The van der Waals surface area contributed by atoms with Gasteiger partial charge >= 0.3 is 5.97 Å². The fourth-order valence-corrected chi connectivity index (χ4v) is 3.63. The fourth-order valence-electron chi connectivity index (χ4n) is 3.63. The molecule has 0 aliphatic carbocycles. The summed E-state index contributed by atoms with van der Waals surface area (Å²) in [5.74, 6) is -1.29. The number of halogens is 1. The van der Waals surface area contributed by atoms with Crippen LogP contribution in [0.15, 0.2) is 42.5 Å². The van der Waals surface area contributed by atoms with Gasteiger partial charge in [-0.25, -0.2) is 9.18 Å². The minimum Gasteiger partial charge on any atom is -0.484 e. The zero-order chi connectivity index (χ0) is 21.8. The second-order valence-electron chi connectivity index (χ2n) is 7.64. The molecule has 0 unspecified atom stereocenters. The van der Waals surface area contributed by atoms with Gasteiger partial charge in [0.1, 0.15) is 11.6 Å². The van der Waals surface area contributed by atoms with Crippen molar-refractivity contribution >= 4 is 17.6 Å². The topological polar surface area (TPSA) is 96.1 Å². The third-order valence-corrected chi connectivity index (χ3v) is 5.35. The molecule has 8 heteroatoms. The van der Waals surface area contributed by atoms with Crippen LogP contribution in [0.4, 0.5) is 10.1 Å². The number of hydrogen-bond donors (Lipinski definition) is 2. The number of nitrogens with two attached hydrogens (primary N) is 1. The van der Waals surface area contributed by atoms with Gasteiger partial charge in [0.05, 0.1) is 5.56 Å². The molecule has 1 fully saturated rings. The Bertz CT molecular complexity index is 919. The molecule has 160 valence electrons. The third kappa shape index (κ3) is 5.07. The summed E-state index contributed by atoms with van der Waals surface area (Å²) in [4.78, 5) is 27.9. The van der Waals surface area contributed by atoms with Crippen LogP contribution in [0.25, 0.3) is 0 Å². The number of carboxylic acid groups (broad SMARTS) is 1. The Balaban J connectivity index is 1.58. The van der Waals surface area contributed by atoms with Crippen LogP contribution in [-0.4, -0.2) is 58.6 Å². The summed E-state index contributed by atoms with van der Waals surface area (Å²) in [6.07, 6.45) is 0. The number of nitrogen functional groups attached to an aromatic ring is 1. The Morgan fingerprint density at radius 2 is 1.83 bits per heavy atom. The maximum absolute atomic E-state index is 13.1. The van der Waals surface area contributed by atoms with Gasteiger partial charge < -0.3 is 20.5 Å². The first kappa shape index (κ1) is 21.6. The Hall–Kier alpha value is -3.13. The molecule has 30 heavy (non-hydrogen) atoms. The van der Waals surface area contributed by atoms with E-state index in [2.05, 4.69) is 11.8 Å². The highest BCUT2D eigenvalue weighted by atomic mass is 19.1. The number of aromatic carboxylic acids is 1. The molecule has 2 aromatic carbocycles. The lowest BCUT2D eigenvalue weighted by molar-refractivity contribution is -0.139. The predicted molar refractivity (Wildman–Crippen MR) is 111 cm³/mol. The minimum absolute atomic E-state index is 0.0150. The van der Waals surface area contributed by atoms with Crippen molar-refractivity contribution in [1.29, 1.82) is 0 Å². The van der Waals surface area contributed by atoms with Crippen LogP contribution in [-0.2, 0) is 11.3 Å². The minimum atomic E-state index is -1.15. The number of benzene rings is 2. The second kappa shape index (κ2) is 9.13. The number of nitrogens with zero attached hydrogens (tertiary/aromatic N) is 2. The maximum atomic E-state index is 13.1. The Morgan fingerprint density at radius 3 is 2.50 bits per heavy atom. The van der Waals surface area contributed by atoms with Crippen LogP contribution in [0.5, 0.6) is 5.75 Å². The Kier molecular flexibility index (Phi) is 6.56. The summed E-state index contributed by atoms with van der Waals surface area (Å²) in [6, 6.07) is 10.9. The fraction of sp³-hybridized carbons (Fsp3) is 0.364. The van der Waals surface area contributed by atoms with Crippen molar-refractivity contribution in [2.45, 2.75) is 32.5 Å². The van der Waals surface area contributed by atoms with Crippen LogP contribution < -0.4 is 10.5 Å². The summed E-state index contributed by atoms with van der Waals surface area (Å²) in [6.45, 7) is 5.77. The van der Waals surface area contributed by atoms with Gasteiger partial charge in [0.2, 0.25) is 0 Å². The predicted octanol–water partition coefficient (Wildman–Crippen LogP) is 2.61. The van der Waals surface area contributed by atoms with E-state index in [-0.39, 0.29) is 47.4 Å². The van der Waals surface area contributed by atoms with Gasteiger partial charge in [-0.3, -0.25) is 9.69 Å². The quantitative estimate of drug-likeness (QED) is 0.704. The van der Waals surface area contributed by atoms with E-state index in [1.165, 1.54) is 24.3 Å². The van der Waals surface area contributed by atoms with E-state index in [1.807, 2.05) is 6.92 Å². The number of amides is 1. The Morgan fingerprint density at radius 1 is 1.13 bits per heavy atom. The first-order chi connectivity index (χ1) is 14.2. The van der Waals surface area contributed by atoms with Crippen molar-refractivity contribution < 1.29 is 23.8 Å². The number of anilines is 1. The van der Waals surface area contributed by atoms with Gasteiger partial charge in [-0.05, 0) is 49.7 Å². The van der Waals surface area contributed by atoms with E-state index in [9.17, 15) is 14.0 Å². The summed E-state index contributed by atoms with van der Waals surface area (Å²) in [7, 11) is 0. The number of carbonyl (C=O) groups excluding carboxylic acids is 1. The molecule has 1 heterocycles. The number of carbonyl (C=O) groups is 2. The van der Waals surface area contributed by atoms with Crippen molar-refractivity contribution in [3.63, 3.8) is 0 Å². The van der Waals surface area contributed by atoms with Gasteiger partial charge in [-0.2, -0.15) is 0 Å². The van der Waals surface area contributed by atoms with Crippen LogP contribution in [0.1, 0.15) is 29.8 Å². The van der Waals surface area contributed by atoms with E-state index in [0.717, 1.165) is 5.56 Å². The van der Waals surface area contributed by atoms with E-state index in [0.29, 0.717) is 19.6 Å². The zero-order valence-corrected chi connectivity index (χ0v) is 17.0. The van der Waals surface area contributed by atoms with E-state index in [4.69, 9.17) is 15.6 Å². The van der Waals surface area contributed by atoms with Crippen LogP contribution >= 0.6 is 0 Å². The molecule has 0 bridgehead atoms. The van der Waals surface area contributed by atoms with Gasteiger partial charge in [0.25, 0.3) is 5.91 Å². The molecule has 0 radical (unpaired) electrons. The first-order valence-electron chi connectivity index (χ1n) is 9.78. The lowest BCUT2D eigenvalue weighted by atomic mass is 10.1. The largest absolute Gasteiger partial charge is 0.484 e. The lowest BCUT2D eigenvalue weighted by Crippen LogP contribution is -2.58. The molecule has 3 N–H and O–H groups in total. The molecular formula is C22H26FN3O4. The zero-order valence-electron chi connectivity index (χ0n) is 17.0. The number of hydrogen-bond acceptors (Lipinski definition) is 5. The highest BCUT2D eigenvalue weighted by Gasteiger charge is 2.32. The summed E-state index contributed by atoms with van der Waals surface area (Å²) >= 11 is 0. The molecule has 7 nitrogen and oxygen atoms in total. The molecule has 1 saturated heterocycles. The summed E-state index contributed by atoms with van der Waals surface area (Å²) in [5.41, 5.74) is 6.74. The standard InChI is InChI=1S/C22H26FN3O4/c1-14-11-26(15(2)10-25(14)12-16-3-5-17(23)6-4-16)21(27)13-30-18-7-8-20(24)19(9-18)22(28)29/h3-9,14-15H,10-13,24H2,1-2H3,(H,28,29)/t14-,15+/m1/s1. The third-order valence-electron chi connectivity index (χ3n) is 5.35. The maximum Gasteiger partial charge on any atom is 0.337 e. The van der Waals surface area contributed by atoms with Crippen LogP contribution in [0.2, 0.25) is 0 Å². The van der Waals surface area contributed by atoms with E-state index >= 15 is 0 Å². The van der Waals surface area contributed by atoms with Gasteiger partial charge in [-0.1, -0.05) is 12.1 Å². The van der Waals surface area contributed by atoms with Crippen molar-refractivity contribution in [2.75, 3.05) is 25.4 Å². The number of rotatable bonds is 6. The van der Waals surface area contributed by atoms with Gasteiger partial charge in [0, 0.05) is 37.4 Å². The van der Waals surface area contributed by atoms with Gasteiger partial charge in [-0.15, -0.1) is 0 Å². The Labute approximate surface area is 174 Å². The number of piperazine rings is 1. The molecule has 0 spiro atoms. The first-order valence-corrected chi connectivity index (χ1v) is 9.78. The normalized spacial score (nSPS) is 19.5. The average Bonchev–Trinajstić information content (AvgIpc) is 2.71. The van der Waals surface area contributed by atoms with Crippen molar-refractivity contribution in [3.05, 3.63) is 59.4 Å². The molecule has 3 rings (SSSR count). The van der Waals surface area contributed by atoms with Crippen LogP contribution in [0, 0.1) is 5.82 Å². The molecule has 2 aromatic rings. The van der Waals surface area contributed by atoms with Gasteiger partial charge in [0.15, 0.2) is 6.61 Å². The molecule has 1 amide bonds. The number of carboxylic acids is 1. The smallest absolute Gasteiger partial charge is 0.337 e. The SMILES string of the molecule is C[C@@H]1CN(C(=O)COc2ccc(N)c(C(=O)O)c2)[C@@H](C)CN1Cc1ccc(F)cc1. The van der Waals surface area contributed by atoms with E-state index in [1.54, 1.807) is 23.1 Å². The molecule has 2 atom stereocenters. The lowest BCUT2D eigenvalue weighted by Gasteiger charge is -2.44. The molecule has 1 aliphatic heterocycles. The van der Waals surface area contributed by atoms with E-state index < -0.39 is 5.97 Å². The summed E-state index contributed by atoms with van der Waals surface area (Å²) < 4.78 is 18.6. The highest BCUT2D eigenvalue weighted by Crippen LogP contribution is 2.21. The molecule has 0 saturated carbocycles. The summed E-state index contributed by atoms with van der Waals surface area (Å²) in [5, 5.41) is 9.15. The molecular weight excluding hydrogens is 389 g/mol. The van der Waals surface area contributed by atoms with Crippen molar-refractivity contribution in [3.8, 4) is 5.75 Å².